The van der Waals surface area contributed by atoms with Crippen LogP contribution in [-0.4, -0.2) is 54.2 Å². The van der Waals surface area contributed by atoms with Gasteiger partial charge >= 0.3 is 18.0 Å². The van der Waals surface area contributed by atoms with Gasteiger partial charge in [-0.3, -0.25) is 4.79 Å². The molecule has 0 aliphatic rings. The normalized spacial score (nSPS) is 13.5. The number of carboxylic acid groups (broad SMARTS) is 1. The van der Waals surface area contributed by atoms with Gasteiger partial charge in [-0.2, -0.15) is 0 Å². The average Bonchev–Trinajstić information content (AvgIpc) is 2.40. The van der Waals surface area contributed by atoms with Crippen LogP contribution in [0.2, 0.25) is 0 Å². The minimum atomic E-state index is -1.17. The number of esters is 1. The van der Waals surface area contributed by atoms with E-state index < -0.39 is 24.0 Å². The number of aliphatic carboxylic acids is 1. The molecule has 0 spiro atoms. The molecule has 0 aromatic heterocycles. The predicted molar refractivity (Wildman–Crippen MR) is 73.3 cm³/mol. The van der Waals surface area contributed by atoms with Gasteiger partial charge in [-0.05, 0) is 19.3 Å². The number of methoxy groups -OCH3 is 1. The Kier molecular flexibility index (Phi) is 7.64. The van der Waals surface area contributed by atoms with Crippen LogP contribution in [-0.2, 0) is 14.3 Å². The van der Waals surface area contributed by atoms with Gasteiger partial charge < -0.3 is 20.1 Å². The standard InChI is InChI=1S/C13H24N2O5/c1-8(2)9(3)15(4)13(19)14-10(12(17)18)6-7-11(16)20-5/h8-10H,6-7H2,1-5H3,(H,14,19)(H,17,18)/t9?,10-/m0/s1. The summed E-state index contributed by atoms with van der Waals surface area (Å²) in [5, 5.41) is 11.5. The van der Waals surface area contributed by atoms with Gasteiger partial charge in [0.2, 0.25) is 0 Å². The van der Waals surface area contributed by atoms with Crippen molar-refractivity contribution in [3.8, 4) is 0 Å². The number of nitrogens with zero attached hydrogens (tertiary/aromatic N) is 1. The second kappa shape index (κ2) is 8.39. The summed E-state index contributed by atoms with van der Waals surface area (Å²) >= 11 is 0. The van der Waals surface area contributed by atoms with E-state index in [1.807, 2.05) is 20.8 Å². The molecular formula is C13H24N2O5. The van der Waals surface area contributed by atoms with Gasteiger partial charge in [0.25, 0.3) is 0 Å². The minimum Gasteiger partial charge on any atom is -0.480 e. The lowest BCUT2D eigenvalue weighted by molar-refractivity contribution is -0.142. The van der Waals surface area contributed by atoms with Crippen LogP contribution in [0.3, 0.4) is 0 Å². The number of hydrogen-bond donors (Lipinski definition) is 2. The molecule has 7 heteroatoms. The molecule has 2 atom stereocenters. The van der Waals surface area contributed by atoms with Crippen molar-refractivity contribution in [2.75, 3.05) is 14.2 Å². The van der Waals surface area contributed by atoms with Crippen molar-refractivity contribution in [2.45, 2.75) is 45.7 Å². The zero-order valence-electron chi connectivity index (χ0n) is 12.7. The zero-order valence-corrected chi connectivity index (χ0v) is 12.7. The van der Waals surface area contributed by atoms with Crippen molar-refractivity contribution < 1.29 is 24.2 Å². The highest BCUT2D eigenvalue weighted by Gasteiger charge is 2.25. The van der Waals surface area contributed by atoms with Crippen LogP contribution in [0.1, 0.15) is 33.6 Å². The van der Waals surface area contributed by atoms with E-state index in [0.717, 1.165) is 0 Å². The zero-order chi connectivity index (χ0) is 15.9. The van der Waals surface area contributed by atoms with E-state index in [2.05, 4.69) is 10.1 Å². The third-order valence-corrected chi connectivity index (χ3v) is 3.36. The first-order valence-electron chi connectivity index (χ1n) is 6.53. The van der Waals surface area contributed by atoms with E-state index in [0.29, 0.717) is 0 Å². The highest BCUT2D eigenvalue weighted by Crippen LogP contribution is 2.09. The summed E-state index contributed by atoms with van der Waals surface area (Å²) in [7, 11) is 2.84. The highest BCUT2D eigenvalue weighted by atomic mass is 16.5. The molecule has 0 aromatic carbocycles. The maximum atomic E-state index is 12.0. The van der Waals surface area contributed by atoms with Crippen LogP contribution >= 0.6 is 0 Å². The van der Waals surface area contributed by atoms with Crippen molar-refractivity contribution in [2.24, 2.45) is 5.92 Å². The van der Waals surface area contributed by atoms with E-state index in [1.165, 1.54) is 12.0 Å². The van der Waals surface area contributed by atoms with Crippen LogP contribution in [0.25, 0.3) is 0 Å². The summed E-state index contributed by atoms with van der Waals surface area (Å²) < 4.78 is 4.45. The maximum Gasteiger partial charge on any atom is 0.326 e. The number of carboxylic acids is 1. The second-order valence-electron chi connectivity index (χ2n) is 5.05. The Labute approximate surface area is 119 Å². The SMILES string of the molecule is COC(=O)CC[C@H](NC(=O)N(C)C(C)C(C)C)C(=O)O. The molecule has 2 N–H and O–H groups in total. The van der Waals surface area contributed by atoms with Gasteiger partial charge in [0.05, 0.1) is 7.11 Å². The molecule has 0 heterocycles. The molecule has 116 valence electrons. The number of hydrogen-bond acceptors (Lipinski definition) is 4. The number of carbonyl (C=O) groups is 3. The van der Waals surface area contributed by atoms with E-state index in [-0.39, 0.29) is 24.8 Å². The maximum absolute atomic E-state index is 12.0. The second-order valence-corrected chi connectivity index (χ2v) is 5.05. The number of carbonyl (C=O) groups excluding carboxylic acids is 2. The third kappa shape index (κ3) is 5.90. The Morgan fingerprint density at radius 2 is 1.80 bits per heavy atom. The lowest BCUT2D eigenvalue weighted by atomic mass is 10.1. The van der Waals surface area contributed by atoms with Gasteiger partial charge in [-0.1, -0.05) is 13.8 Å². The first-order valence-corrected chi connectivity index (χ1v) is 6.53. The highest BCUT2D eigenvalue weighted by molar-refractivity contribution is 5.83. The Morgan fingerprint density at radius 1 is 1.25 bits per heavy atom. The molecule has 0 fully saturated rings. The molecular weight excluding hydrogens is 264 g/mol. The first kappa shape index (κ1) is 18.2. The molecule has 0 bridgehead atoms. The van der Waals surface area contributed by atoms with Crippen molar-refractivity contribution in [3.05, 3.63) is 0 Å². The summed E-state index contributed by atoms with van der Waals surface area (Å²) in [6.07, 6.45) is -0.0607. The Morgan fingerprint density at radius 3 is 2.20 bits per heavy atom. The van der Waals surface area contributed by atoms with Gasteiger partial charge in [-0.15, -0.1) is 0 Å². The molecule has 0 rings (SSSR count). The van der Waals surface area contributed by atoms with E-state index >= 15 is 0 Å². The summed E-state index contributed by atoms with van der Waals surface area (Å²) in [5.74, 6) is -1.42. The molecule has 0 saturated carbocycles. The van der Waals surface area contributed by atoms with Crippen LogP contribution in [0.5, 0.6) is 0 Å². The van der Waals surface area contributed by atoms with Crippen LogP contribution in [0, 0.1) is 5.92 Å². The Bertz CT molecular complexity index is 357. The summed E-state index contributed by atoms with van der Waals surface area (Å²) in [6, 6.07) is -1.60. The molecule has 0 aromatic rings. The summed E-state index contributed by atoms with van der Waals surface area (Å²) in [4.78, 5) is 35.5. The number of nitrogens with one attached hydrogen (secondary N) is 1. The van der Waals surface area contributed by atoms with Crippen molar-refractivity contribution in [1.29, 1.82) is 0 Å². The molecule has 7 nitrogen and oxygen atoms in total. The lowest BCUT2D eigenvalue weighted by Crippen LogP contribution is -2.50. The third-order valence-electron chi connectivity index (χ3n) is 3.36. The number of ether oxygens (including phenoxy) is 1. The lowest BCUT2D eigenvalue weighted by Gasteiger charge is -2.29. The first-order chi connectivity index (χ1) is 9.20. The number of amides is 2. The van der Waals surface area contributed by atoms with Gasteiger partial charge in [0.15, 0.2) is 0 Å². The van der Waals surface area contributed by atoms with Crippen LogP contribution < -0.4 is 5.32 Å². The number of urea groups is 1. The molecule has 0 saturated heterocycles. The largest absolute Gasteiger partial charge is 0.480 e. The molecule has 0 radical (unpaired) electrons. The number of rotatable bonds is 7. The van der Waals surface area contributed by atoms with Crippen LogP contribution in [0.4, 0.5) is 4.79 Å². The van der Waals surface area contributed by atoms with E-state index in [9.17, 15) is 14.4 Å². The predicted octanol–water partition coefficient (Wildman–Crippen LogP) is 1.08. The topological polar surface area (TPSA) is 95.9 Å². The Balaban J connectivity index is 4.55. The molecule has 1 unspecified atom stereocenters. The molecule has 20 heavy (non-hydrogen) atoms. The fourth-order valence-electron chi connectivity index (χ4n) is 1.50. The van der Waals surface area contributed by atoms with Crippen molar-refractivity contribution in [1.82, 2.24) is 10.2 Å². The van der Waals surface area contributed by atoms with Gasteiger partial charge in [-0.25, -0.2) is 9.59 Å². The monoisotopic (exact) mass is 288 g/mol. The van der Waals surface area contributed by atoms with Crippen molar-refractivity contribution >= 4 is 18.0 Å². The fraction of sp³-hybridized carbons (Fsp3) is 0.769. The summed E-state index contributed by atoms with van der Waals surface area (Å²) in [6.45, 7) is 5.83. The van der Waals surface area contributed by atoms with Gasteiger partial charge in [0, 0.05) is 19.5 Å². The summed E-state index contributed by atoms with van der Waals surface area (Å²) in [5.41, 5.74) is 0. The average molecular weight is 288 g/mol. The van der Waals surface area contributed by atoms with Crippen LogP contribution in [0.15, 0.2) is 0 Å². The quantitative estimate of drug-likeness (QED) is 0.683. The fourth-order valence-corrected chi connectivity index (χ4v) is 1.50. The molecule has 0 aliphatic carbocycles. The Hall–Kier alpha value is -1.79. The van der Waals surface area contributed by atoms with Gasteiger partial charge in [0.1, 0.15) is 6.04 Å². The molecule has 0 aliphatic heterocycles. The smallest absolute Gasteiger partial charge is 0.326 e. The molecule has 2 amide bonds. The van der Waals surface area contributed by atoms with Crippen molar-refractivity contribution in [3.63, 3.8) is 0 Å². The van der Waals surface area contributed by atoms with E-state index in [4.69, 9.17) is 5.11 Å². The minimum absolute atomic E-state index is 0.00234. The van der Waals surface area contributed by atoms with E-state index in [1.54, 1.807) is 7.05 Å².